The number of aromatic hydroxyl groups is 1. The van der Waals surface area contributed by atoms with Crippen molar-refractivity contribution in [2.75, 3.05) is 26.2 Å². The Morgan fingerprint density at radius 2 is 1.26 bits per heavy atom. The highest BCUT2D eigenvalue weighted by molar-refractivity contribution is 6.09. The molecule has 0 aliphatic rings. The second-order valence-electron chi connectivity index (χ2n) is 7.45. The number of phenols is 1. The Morgan fingerprint density at radius 1 is 0.806 bits per heavy atom. The summed E-state index contributed by atoms with van der Waals surface area (Å²) in [6, 6.07) is 12.1. The van der Waals surface area contributed by atoms with Crippen LogP contribution in [0, 0.1) is 0 Å². The first kappa shape index (κ1) is 24.9. The number of rotatable bonds is 12. The largest absolute Gasteiger partial charge is 0.507 e. The zero-order chi connectivity index (χ0) is 23.0. The van der Waals surface area contributed by atoms with Gasteiger partial charge in [-0.15, -0.1) is 0 Å². The Morgan fingerprint density at radius 3 is 1.65 bits per heavy atom. The van der Waals surface area contributed by atoms with E-state index in [2.05, 4.69) is 0 Å². The fraction of sp³-hybridized carbons (Fsp3) is 0.435. The average molecular weight is 433 g/mol. The molecule has 0 radical (unpaired) electrons. The number of hydrogen-bond donors (Lipinski definition) is 5. The molecule has 0 spiro atoms. The Labute approximate surface area is 182 Å². The Bertz CT molecular complexity index is 800. The summed E-state index contributed by atoms with van der Waals surface area (Å²) in [5.41, 5.74) is 1.89. The van der Waals surface area contributed by atoms with E-state index in [1.165, 1.54) is 0 Å². The van der Waals surface area contributed by atoms with Crippen molar-refractivity contribution in [1.29, 1.82) is 0 Å². The van der Waals surface area contributed by atoms with Gasteiger partial charge in [0, 0.05) is 48.4 Å². The molecule has 0 atom stereocenters. The third kappa shape index (κ3) is 7.39. The molecule has 2 aromatic carbocycles. The van der Waals surface area contributed by atoms with E-state index >= 15 is 0 Å². The van der Waals surface area contributed by atoms with Crippen molar-refractivity contribution >= 4 is 5.78 Å². The lowest BCUT2D eigenvalue weighted by atomic mass is 9.97. The molecule has 0 aliphatic carbocycles. The van der Waals surface area contributed by atoms with Crippen LogP contribution in [0.2, 0.25) is 0 Å². The number of ketones is 1. The summed E-state index contributed by atoms with van der Waals surface area (Å²) in [7, 11) is 0. The van der Waals surface area contributed by atoms with Crippen LogP contribution in [0.15, 0.2) is 42.5 Å². The number of aliphatic hydroxyl groups excluding tert-OH is 2. The molecule has 0 saturated carbocycles. The van der Waals surface area contributed by atoms with Gasteiger partial charge < -0.3 is 25.5 Å². The van der Waals surface area contributed by atoms with Crippen LogP contribution in [-0.2, 0) is 13.1 Å². The van der Waals surface area contributed by atoms with E-state index in [1.807, 2.05) is 19.9 Å². The third-order valence-electron chi connectivity index (χ3n) is 5.09. The number of aliphatic hydroxyl groups is 4. The van der Waals surface area contributed by atoms with Gasteiger partial charge in [-0.1, -0.05) is 44.2 Å². The molecule has 0 bridgehead atoms. The van der Waals surface area contributed by atoms with Gasteiger partial charge in [0.15, 0.2) is 18.4 Å². The molecule has 0 unspecified atom stereocenters. The zero-order valence-electron chi connectivity index (χ0n) is 18.0. The Kier molecular flexibility index (Phi) is 9.57. The molecule has 31 heavy (non-hydrogen) atoms. The van der Waals surface area contributed by atoms with Gasteiger partial charge in [-0.2, -0.15) is 0 Å². The van der Waals surface area contributed by atoms with E-state index in [9.17, 15) is 30.3 Å². The van der Waals surface area contributed by atoms with Crippen molar-refractivity contribution in [3.63, 3.8) is 0 Å². The fourth-order valence-corrected chi connectivity index (χ4v) is 3.44. The van der Waals surface area contributed by atoms with Crippen LogP contribution in [0.1, 0.15) is 40.9 Å². The molecule has 8 nitrogen and oxygen atoms in total. The highest BCUT2D eigenvalue weighted by atomic mass is 16.5. The molecule has 0 heterocycles. The maximum Gasteiger partial charge on any atom is 0.193 e. The van der Waals surface area contributed by atoms with Crippen molar-refractivity contribution in [2.24, 2.45) is 0 Å². The molecule has 0 fully saturated rings. The first-order valence-electron chi connectivity index (χ1n) is 10.4. The van der Waals surface area contributed by atoms with Gasteiger partial charge in [-0.3, -0.25) is 14.6 Å². The second-order valence-corrected chi connectivity index (χ2v) is 7.45. The third-order valence-corrected chi connectivity index (χ3v) is 5.09. The lowest BCUT2D eigenvalue weighted by Gasteiger charge is -2.25. The Balaban J connectivity index is 2.46. The topological polar surface area (TPSA) is 125 Å². The van der Waals surface area contributed by atoms with Crippen molar-refractivity contribution in [2.45, 2.75) is 39.5 Å². The minimum absolute atomic E-state index is 0.0000769. The summed E-state index contributed by atoms with van der Waals surface area (Å²) in [5, 5.41) is 48.2. The van der Waals surface area contributed by atoms with Gasteiger partial charge in [0.25, 0.3) is 0 Å². The van der Waals surface area contributed by atoms with E-state index < -0.39 is 12.6 Å². The molecule has 0 aromatic heterocycles. The minimum atomic E-state index is -1.52. The SMILES string of the molecule is CCN(Cc1cc(C(=O)c2ccccc2)cc(CN(CC)CC(O)O)c1O)CC(O)O. The highest BCUT2D eigenvalue weighted by Gasteiger charge is 2.20. The van der Waals surface area contributed by atoms with Crippen LogP contribution in [0.5, 0.6) is 5.75 Å². The van der Waals surface area contributed by atoms with Crippen molar-refractivity contribution < 1.29 is 30.3 Å². The van der Waals surface area contributed by atoms with E-state index in [4.69, 9.17) is 0 Å². The standard InChI is InChI=1S/C23H32N2O6/c1-3-24(14-20(26)27)12-18-10-17(22(30)16-8-6-5-7-9-16)11-19(23(18)31)13-25(4-2)15-21(28)29/h5-11,20-21,26-29,31H,3-4,12-15H2,1-2H3. The van der Waals surface area contributed by atoms with Gasteiger partial charge >= 0.3 is 0 Å². The maximum absolute atomic E-state index is 13.1. The number of phenolic OH excluding ortho intramolecular Hbond substituents is 1. The predicted octanol–water partition coefficient (Wildman–Crippen LogP) is 0.888. The van der Waals surface area contributed by atoms with Crippen LogP contribution in [0.4, 0.5) is 0 Å². The summed E-state index contributed by atoms with van der Waals surface area (Å²) in [6.45, 7) is 5.19. The van der Waals surface area contributed by atoms with Crippen LogP contribution < -0.4 is 0 Å². The van der Waals surface area contributed by atoms with Gasteiger partial charge in [0.05, 0.1) is 0 Å². The predicted molar refractivity (Wildman–Crippen MR) is 116 cm³/mol. The van der Waals surface area contributed by atoms with Gasteiger partial charge in [0.2, 0.25) is 0 Å². The van der Waals surface area contributed by atoms with E-state index in [0.717, 1.165) is 0 Å². The molecule has 8 heteroatoms. The fourth-order valence-electron chi connectivity index (χ4n) is 3.44. The Hall–Kier alpha value is -2.33. The van der Waals surface area contributed by atoms with Crippen LogP contribution in [0.25, 0.3) is 0 Å². The van der Waals surface area contributed by atoms with Crippen molar-refractivity contribution in [3.05, 3.63) is 64.7 Å². The first-order valence-corrected chi connectivity index (χ1v) is 10.4. The second kappa shape index (κ2) is 11.9. The number of benzene rings is 2. The molecule has 0 saturated heterocycles. The molecule has 170 valence electrons. The van der Waals surface area contributed by atoms with Crippen LogP contribution in [0.3, 0.4) is 0 Å². The number of hydrogen-bond acceptors (Lipinski definition) is 8. The summed E-state index contributed by atoms with van der Waals surface area (Å²) in [4.78, 5) is 16.6. The van der Waals surface area contributed by atoms with Crippen LogP contribution in [-0.4, -0.2) is 79.9 Å². The molecule has 2 rings (SSSR count). The molecule has 0 aliphatic heterocycles. The monoisotopic (exact) mass is 432 g/mol. The molecule has 2 aromatic rings. The van der Waals surface area contributed by atoms with E-state index in [0.29, 0.717) is 35.3 Å². The number of carbonyl (C=O) groups excluding carboxylic acids is 1. The first-order chi connectivity index (χ1) is 14.7. The average Bonchev–Trinajstić information content (AvgIpc) is 2.74. The normalized spacial score (nSPS) is 11.8. The summed E-state index contributed by atoms with van der Waals surface area (Å²) in [6.07, 6.45) is -3.03. The highest BCUT2D eigenvalue weighted by Crippen LogP contribution is 2.29. The molecule has 0 amide bonds. The molecule has 5 N–H and O–H groups in total. The summed E-state index contributed by atoms with van der Waals surface area (Å²) < 4.78 is 0. The number of likely N-dealkylation sites (N-methyl/N-ethyl adjacent to an activating group) is 2. The number of carbonyl (C=O) groups is 1. The summed E-state index contributed by atoms with van der Waals surface area (Å²) >= 11 is 0. The number of nitrogens with zero attached hydrogens (tertiary/aromatic N) is 2. The van der Waals surface area contributed by atoms with Gasteiger partial charge in [0.1, 0.15) is 5.75 Å². The zero-order valence-corrected chi connectivity index (χ0v) is 18.0. The molecular weight excluding hydrogens is 400 g/mol. The van der Waals surface area contributed by atoms with E-state index in [-0.39, 0.29) is 37.7 Å². The quantitative estimate of drug-likeness (QED) is 0.247. The summed E-state index contributed by atoms with van der Waals surface area (Å²) in [5.74, 6) is -0.194. The maximum atomic E-state index is 13.1. The van der Waals surface area contributed by atoms with Crippen LogP contribution >= 0.6 is 0 Å². The molecular formula is C23H32N2O6. The van der Waals surface area contributed by atoms with Crippen molar-refractivity contribution in [1.82, 2.24) is 9.80 Å². The van der Waals surface area contributed by atoms with Gasteiger partial charge in [-0.25, -0.2) is 0 Å². The van der Waals surface area contributed by atoms with Gasteiger partial charge in [-0.05, 0) is 25.2 Å². The smallest absolute Gasteiger partial charge is 0.193 e. The van der Waals surface area contributed by atoms with E-state index in [1.54, 1.807) is 46.2 Å². The van der Waals surface area contributed by atoms with Crippen molar-refractivity contribution in [3.8, 4) is 5.75 Å². The lowest BCUT2D eigenvalue weighted by molar-refractivity contribution is -0.0621. The lowest BCUT2D eigenvalue weighted by Crippen LogP contribution is -2.32. The minimum Gasteiger partial charge on any atom is -0.507 e.